The highest BCUT2D eigenvalue weighted by molar-refractivity contribution is 7.99. The highest BCUT2D eigenvalue weighted by Crippen LogP contribution is 2.39. The first-order valence-corrected chi connectivity index (χ1v) is 7.54. The maximum Gasteiger partial charge on any atom is 0.0367 e. The van der Waals surface area contributed by atoms with Crippen LogP contribution in [-0.2, 0) is 0 Å². The summed E-state index contributed by atoms with van der Waals surface area (Å²) in [7, 11) is 0. The molecule has 3 rings (SSSR count). The molecule has 1 aromatic rings. The van der Waals surface area contributed by atoms with Crippen molar-refractivity contribution in [3.8, 4) is 0 Å². The third kappa shape index (κ3) is 2.37. The molecule has 1 saturated heterocycles. The van der Waals surface area contributed by atoms with Crippen LogP contribution in [-0.4, -0.2) is 29.8 Å². The Morgan fingerprint density at radius 1 is 1.12 bits per heavy atom. The van der Waals surface area contributed by atoms with Crippen LogP contribution in [0.3, 0.4) is 0 Å². The monoisotopic (exact) mass is 248 g/mol. The second-order valence-corrected chi connectivity index (χ2v) is 6.20. The van der Waals surface area contributed by atoms with Gasteiger partial charge in [0.2, 0.25) is 0 Å². The zero-order valence-corrected chi connectivity index (χ0v) is 11.0. The molecule has 1 atom stereocenters. The van der Waals surface area contributed by atoms with Crippen LogP contribution in [0.15, 0.2) is 29.2 Å². The van der Waals surface area contributed by atoms with Gasteiger partial charge in [-0.2, -0.15) is 0 Å². The maximum atomic E-state index is 5.99. The van der Waals surface area contributed by atoms with Crippen molar-refractivity contribution in [3.63, 3.8) is 0 Å². The van der Waals surface area contributed by atoms with Gasteiger partial charge in [-0.25, -0.2) is 0 Å². The van der Waals surface area contributed by atoms with Gasteiger partial charge in [0.25, 0.3) is 0 Å². The number of benzene rings is 1. The standard InChI is InChI=1S/C14H20N2S/c15-11-5-8-16(9-6-11)13-7-10-17-14-4-2-1-3-12(13)14/h1-4,11,13H,5-10,15H2. The summed E-state index contributed by atoms with van der Waals surface area (Å²) in [6, 6.07) is 9.97. The Balaban J connectivity index is 1.80. The molecule has 0 aliphatic carbocycles. The van der Waals surface area contributed by atoms with E-state index in [0.717, 1.165) is 12.8 Å². The minimum Gasteiger partial charge on any atom is -0.328 e. The maximum absolute atomic E-state index is 5.99. The molecular formula is C14H20N2S. The van der Waals surface area contributed by atoms with Crippen LogP contribution in [0.25, 0.3) is 0 Å². The molecule has 0 bridgehead atoms. The van der Waals surface area contributed by atoms with Crippen molar-refractivity contribution in [1.29, 1.82) is 0 Å². The predicted molar refractivity (Wildman–Crippen MR) is 73.3 cm³/mol. The highest BCUT2D eigenvalue weighted by atomic mass is 32.2. The fourth-order valence-electron chi connectivity index (χ4n) is 2.93. The fourth-order valence-corrected chi connectivity index (χ4v) is 4.04. The largest absolute Gasteiger partial charge is 0.328 e. The van der Waals surface area contributed by atoms with E-state index < -0.39 is 0 Å². The first-order chi connectivity index (χ1) is 8.34. The van der Waals surface area contributed by atoms with Gasteiger partial charge < -0.3 is 5.73 Å². The molecule has 3 heteroatoms. The second-order valence-electron chi connectivity index (χ2n) is 5.06. The van der Waals surface area contributed by atoms with Crippen molar-refractivity contribution >= 4 is 11.8 Å². The van der Waals surface area contributed by atoms with Crippen LogP contribution in [0.4, 0.5) is 0 Å². The molecule has 0 aromatic heterocycles. The summed E-state index contributed by atoms with van der Waals surface area (Å²) in [5, 5.41) is 0. The summed E-state index contributed by atoms with van der Waals surface area (Å²) in [6.45, 7) is 2.34. The second kappa shape index (κ2) is 5.01. The SMILES string of the molecule is NC1CCN(C2CCSc3ccccc32)CC1. The number of rotatable bonds is 1. The molecule has 2 N–H and O–H groups in total. The Morgan fingerprint density at radius 3 is 2.71 bits per heavy atom. The van der Waals surface area contributed by atoms with E-state index in [1.807, 2.05) is 11.8 Å². The number of piperidine rings is 1. The zero-order chi connectivity index (χ0) is 11.7. The Labute approximate surface area is 108 Å². The van der Waals surface area contributed by atoms with Gasteiger partial charge in [0.05, 0.1) is 0 Å². The minimum atomic E-state index is 0.430. The summed E-state index contributed by atoms with van der Waals surface area (Å²) in [5.41, 5.74) is 7.53. The molecule has 2 aliphatic heterocycles. The molecule has 0 radical (unpaired) electrons. The average molecular weight is 248 g/mol. The summed E-state index contributed by atoms with van der Waals surface area (Å²) < 4.78 is 0. The van der Waals surface area contributed by atoms with Gasteiger partial charge in [-0.05, 0) is 36.6 Å². The predicted octanol–water partition coefficient (Wildman–Crippen LogP) is 2.65. The number of nitrogens with zero attached hydrogens (tertiary/aromatic N) is 1. The lowest BCUT2D eigenvalue weighted by Crippen LogP contribution is -2.42. The molecule has 2 nitrogen and oxygen atoms in total. The van der Waals surface area contributed by atoms with Crippen molar-refractivity contribution in [2.24, 2.45) is 5.73 Å². The van der Waals surface area contributed by atoms with Gasteiger partial charge in [-0.15, -0.1) is 11.8 Å². The number of hydrogen-bond donors (Lipinski definition) is 1. The van der Waals surface area contributed by atoms with Gasteiger partial charge in [-0.3, -0.25) is 4.90 Å². The van der Waals surface area contributed by atoms with Gasteiger partial charge in [-0.1, -0.05) is 18.2 Å². The van der Waals surface area contributed by atoms with E-state index in [-0.39, 0.29) is 0 Å². The van der Waals surface area contributed by atoms with E-state index in [1.54, 1.807) is 5.56 Å². The normalized spacial score (nSPS) is 26.8. The van der Waals surface area contributed by atoms with Crippen molar-refractivity contribution in [2.75, 3.05) is 18.8 Å². The Kier molecular flexibility index (Phi) is 3.41. The van der Waals surface area contributed by atoms with Crippen LogP contribution in [0.1, 0.15) is 30.9 Å². The van der Waals surface area contributed by atoms with Crippen molar-refractivity contribution in [2.45, 2.75) is 36.2 Å². The third-order valence-electron chi connectivity index (χ3n) is 3.94. The smallest absolute Gasteiger partial charge is 0.0367 e. The van der Waals surface area contributed by atoms with E-state index >= 15 is 0 Å². The Hall–Kier alpha value is -0.510. The van der Waals surface area contributed by atoms with Crippen LogP contribution >= 0.6 is 11.8 Å². The van der Waals surface area contributed by atoms with E-state index in [1.165, 1.54) is 30.2 Å². The van der Waals surface area contributed by atoms with E-state index in [0.29, 0.717) is 12.1 Å². The van der Waals surface area contributed by atoms with Crippen LogP contribution in [0.2, 0.25) is 0 Å². The lowest BCUT2D eigenvalue weighted by molar-refractivity contribution is 0.147. The molecule has 92 valence electrons. The molecule has 1 fully saturated rings. The van der Waals surface area contributed by atoms with Crippen LogP contribution < -0.4 is 5.73 Å². The average Bonchev–Trinajstić information content (AvgIpc) is 2.39. The highest BCUT2D eigenvalue weighted by Gasteiger charge is 2.28. The molecule has 0 spiro atoms. The molecule has 1 aromatic carbocycles. The first kappa shape index (κ1) is 11.6. The minimum absolute atomic E-state index is 0.430. The lowest BCUT2D eigenvalue weighted by atomic mass is 9.97. The number of nitrogens with two attached hydrogens (primary N) is 1. The number of hydrogen-bond acceptors (Lipinski definition) is 3. The molecule has 0 amide bonds. The Bertz CT molecular complexity index is 386. The fraction of sp³-hybridized carbons (Fsp3) is 0.571. The van der Waals surface area contributed by atoms with Crippen molar-refractivity contribution in [1.82, 2.24) is 4.90 Å². The first-order valence-electron chi connectivity index (χ1n) is 6.56. The summed E-state index contributed by atoms with van der Waals surface area (Å²) >= 11 is 2.01. The summed E-state index contributed by atoms with van der Waals surface area (Å²) in [6.07, 6.45) is 3.61. The molecular weight excluding hydrogens is 228 g/mol. The van der Waals surface area contributed by atoms with Crippen LogP contribution in [0.5, 0.6) is 0 Å². The lowest BCUT2D eigenvalue weighted by Gasteiger charge is -2.39. The molecule has 2 heterocycles. The molecule has 2 aliphatic rings. The molecule has 1 unspecified atom stereocenters. The van der Waals surface area contributed by atoms with E-state index in [4.69, 9.17) is 5.73 Å². The number of thioether (sulfide) groups is 1. The summed E-state index contributed by atoms with van der Waals surface area (Å²) in [5.74, 6) is 1.25. The van der Waals surface area contributed by atoms with E-state index in [2.05, 4.69) is 29.2 Å². The molecule has 0 saturated carbocycles. The number of likely N-dealkylation sites (tertiary alicyclic amines) is 1. The number of fused-ring (bicyclic) bond motifs is 1. The summed E-state index contributed by atoms with van der Waals surface area (Å²) in [4.78, 5) is 4.13. The quantitative estimate of drug-likeness (QED) is 0.828. The van der Waals surface area contributed by atoms with Gasteiger partial charge >= 0.3 is 0 Å². The van der Waals surface area contributed by atoms with Gasteiger partial charge in [0.15, 0.2) is 0 Å². The third-order valence-corrected chi connectivity index (χ3v) is 5.06. The Morgan fingerprint density at radius 2 is 1.88 bits per heavy atom. The zero-order valence-electron chi connectivity index (χ0n) is 10.1. The van der Waals surface area contributed by atoms with Gasteiger partial charge in [0, 0.05) is 30.1 Å². The van der Waals surface area contributed by atoms with Crippen molar-refractivity contribution in [3.05, 3.63) is 29.8 Å². The van der Waals surface area contributed by atoms with E-state index in [9.17, 15) is 0 Å². The van der Waals surface area contributed by atoms with Crippen LogP contribution in [0, 0.1) is 0 Å². The van der Waals surface area contributed by atoms with Gasteiger partial charge in [0.1, 0.15) is 0 Å². The topological polar surface area (TPSA) is 29.3 Å². The molecule has 17 heavy (non-hydrogen) atoms. The van der Waals surface area contributed by atoms with Crippen molar-refractivity contribution < 1.29 is 0 Å².